The smallest absolute Gasteiger partial charge is 0.273 e. The van der Waals surface area contributed by atoms with Crippen LogP contribution in [-0.2, 0) is 7.05 Å². The molecule has 1 aromatic carbocycles. The van der Waals surface area contributed by atoms with Crippen LogP contribution in [0, 0.1) is 8.73 Å². The minimum absolute atomic E-state index is 0.121. The summed E-state index contributed by atoms with van der Waals surface area (Å²) >= 11 is 11.8. The summed E-state index contributed by atoms with van der Waals surface area (Å²) in [6.45, 7) is 0. The van der Waals surface area contributed by atoms with E-state index in [4.69, 9.17) is 24.4 Å². The summed E-state index contributed by atoms with van der Waals surface area (Å²) in [6.07, 6.45) is 0. The zero-order valence-corrected chi connectivity index (χ0v) is 12.4. The molecule has 3 rings (SSSR count). The van der Waals surface area contributed by atoms with E-state index in [9.17, 15) is 4.79 Å². The van der Waals surface area contributed by atoms with Crippen molar-refractivity contribution >= 4 is 46.1 Å². The van der Waals surface area contributed by atoms with E-state index in [1.54, 1.807) is 7.05 Å². The average molecular weight is 307 g/mol. The van der Waals surface area contributed by atoms with Gasteiger partial charge in [0.2, 0.25) is 0 Å². The number of aromatic amines is 1. The molecule has 0 radical (unpaired) electrons. The van der Waals surface area contributed by atoms with Gasteiger partial charge in [0.15, 0.2) is 8.73 Å². The summed E-state index contributed by atoms with van der Waals surface area (Å²) in [5.41, 5.74) is 1.46. The number of aromatic nitrogens is 3. The lowest BCUT2D eigenvalue weighted by Gasteiger charge is -2.05. The average Bonchev–Trinajstić information content (AvgIpc) is 2.74. The zero-order chi connectivity index (χ0) is 13.6. The number of thiazole rings is 1. The van der Waals surface area contributed by atoms with Crippen molar-refractivity contribution in [3.05, 3.63) is 49.4 Å². The molecule has 0 fully saturated rings. The summed E-state index contributed by atoms with van der Waals surface area (Å²) in [5, 5.41) is 0. The van der Waals surface area contributed by atoms with E-state index in [2.05, 4.69) is 4.98 Å². The lowest BCUT2D eigenvalue weighted by molar-refractivity contribution is 0.820. The lowest BCUT2D eigenvalue weighted by atomic mass is 10.3. The van der Waals surface area contributed by atoms with Crippen molar-refractivity contribution in [2.75, 3.05) is 0 Å². The van der Waals surface area contributed by atoms with Gasteiger partial charge in [0, 0.05) is 12.7 Å². The van der Waals surface area contributed by atoms with Crippen molar-refractivity contribution in [2.45, 2.75) is 0 Å². The Morgan fingerprint density at radius 3 is 2.58 bits per heavy atom. The molecule has 96 valence electrons. The summed E-state index contributed by atoms with van der Waals surface area (Å²) in [5.74, 6) is 0. The highest BCUT2D eigenvalue weighted by Crippen LogP contribution is 2.22. The molecule has 0 bridgehead atoms. The van der Waals surface area contributed by atoms with Crippen LogP contribution >= 0.6 is 35.8 Å². The van der Waals surface area contributed by atoms with Crippen molar-refractivity contribution in [3.63, 3.8) is 0 Å². The van der Waals surface area contributed by atoms with Gasteiger partial charge in [-0.2, -0.15) is 0 Å². The maximum absolute atomic E-state index is 12.2. The van der Waals surface area contributed by atoms with Gasteiger partial charge in [0.25, 0.3) is 5.56 Å². The maximum atomic E-state index is 12.2. The summed E-state index contributed by atoms with van der Waals surface area (Å²) in [4.78, 5) is 15.2. The van der Waals surface area contributed by atoms with Crippen molar-refractivity contribution in [1.29, 1.82) is 0 Å². The number of nitrogens with zero attached hydrogens (tertiary/aromatic N) is 2. The van der Waals surface area contributed by atoms with Crippen LogP contribution in [0.25, 0.3) is 16.0 Å². The summed E-state index contributed by atoms with van der Waals surface area (Å²) in [7, 11) is 1.65. The highest BCUT2D eigenvalue weighted by Gasteiger charge is 2.12. The van der Waals surface area contributed by atoms with Crippen LogP contribution in [-0.4, -0.2) is 14.1 Å². The highest BCUT2D eigenvalue weighted by atomic mass is 32.1. The first-order chi connectivity index (χ1) is 9.09. The van der Waals surface area contributed by atoms with Crippen LogP contribution < -0.4 is 5.56 Å². The van der Waals surface area contributed by atoms with E-state index in [0.29, 0.717) is 19.1 Å². The van der Waals surface area contributed by atoms with Crippen molar-refractivity contribution in [2.24, 2.45) is 7.05 Å². The van der Waals surface area contributed by atoms with Crippen LogP contribution in [0.2, 0.25) is 0 Å². The Balaban J connectivity index is 2.52. The second-order valence-electron chi connectivity index (χ2n) is 4.01. The Labute approximate surface area is 122 Å². The van der Waals surface area contributed by atoms with Gasteiger partial charge in [0.05, 0.1) is 0 Å². The molecule has 2 aromatic heterocycles. The van der Waals surface area contributed by atoms with Crippen LogP contribution in [0.1, 0.15) is 0 Å². The molecular formula is C12H9N3OS3. The molecule has 0 aliphatic heterocycles. The number of fused-ring (bicyclic) bond motifs is 1. The number of rotatable bonds is 1. The molecule has 0 saturated carbocycles. The number of hydrogen-bond acceptors (Lipinski definition) is 4. The second-order valence-corrected chi connectivity index (χ2v) is 6.04. The lowest BCUT2D eigenvalue weighted by Crippen LogP contribution is -2.18. The molecule has 2 heterocycles. The molecule has 0 aliphatic carbocycles. The SMILES string of the molecule is Cn1c(=S)[nH]c2c(sc(=S)n2-c2ccccc2)c1=O. The zero-order valence-electron chi connectivity index (χ0n) is 9.91. The minimum Gasteiger partial charge on any atom is -0.317 e. The van der Waals surface area contributed by atoms with E-state index in [-0.39, 0.29) is 5.56 Å². The van der Waals surface area contributed by atoms with E-state index in [0.717, 1.165) is 5.69 Å². The molecule has 7 heteroatoms. The first-order valence-corrected chi connectivity index (χ1v) is 7.13. The van der Waals surface area contributed by atoms with Gasteiger partial charge in [-0.05, 0) is 36.6 Å². The van der Waals surface area contributed by atoms with Crippen LogP contribution in [0.3, 0.4) is 0 Å². The van der Waals surface area contributed by atoms with Gasteiger partial charge in [-0.3, -0.25) is 13.9 Å². The number of hydrogen-bond donors (Lipinski definition) is 1. The number of nitrogens with one attached hydrogen (secondary N) is 1. The fourth-order valence-corrected chi connectivity index (χ4v) is 3.43. The van der Waals surface area contributed by atoms with E-state index in [1.807, 2.05) is 34.9 Å². The molecule has 0 saturated heterocycles. The Morgan fingerprint density at radius 2 is 1.89 bits per heavy atom. The van der Waals surface area contributed by atoms with Crippen molar-refractivity contribution < 1.29 is 0 Å². The van der Waals surface area contributed by atoms with Gasteiger partial charge < -0.3 is 4.98 Å². The van der Waals surface area contributed by atoms with Crippen LogP contribution in [0.4, 0.5) is 0 Å². The van der Waals surface area contributed by atoms with Gasteiger partial charge in [-0.25, -0.2) is 0 Å². The molecule has 0 atom stereocenters. The Morgan fingerprint density at radius 1 is 1.21 bits per heavy atom. The van der Waals surface area contributed by atoms with E-state index >= 15 is 0 Å². The van der Waals surface area contributed by atoms with Crippen LogP contribution in [0.5, 0.6) is 0 Å². The van der Waals surface area contributed by atoms with Gasteiger partial charge >= 0.3 is 0 Å². The monoisotopic (exact) mass is 307 g/mol. The number of para-hydroxylation sites is 1. The minimum atomic E-state index is -0.121. The summed E-state index contributed by atoms with van der Waals surface area (Å²) < 4.78 is 4.85. The quantitative estimate of drug-likeness (QED) is 0.702. The fourth-order valence-electron chi connectivity index (χ4n) is 1.87. The topological polar surface area (TPSA) is 42.7 Å². The standard InChI is InChI=1S/C12H9N3OS3/c1-14-10(16)8-9(13-11(14)17)15(12(18)19-8)7-5-3-2-4-6-7/h2-6H,1H3,(H,13,17). The fraction of sp³-hybridized carbons (Fsp3) is 0.0833. The third kappa shape index (κ3) is 1.90. The molecule has 19 heavy (non-hydrogen) atoms. The second kappa shape index (κ2) is 4.52. The molecule has 0 aliphatic rings. The van der Waals surface area contributed by atoms with E-state index in [1.165, 1.54) is 15.9 Å². The summed E-state index contributed by atoms with van der Waals surface area (Å²) in [6, 6.07) is 9.67. The third-order valence-corrected chi connectivity index (χ3v) is 4.59. The van der Waals surface area contributed by atoms with Crippen LogP contribution in [0.15, 0.2) is 35.1 Å². The first-order valence-electron chi connectivity index (χ1n) is 5.50. The van der Waals surface area contributed by atoms with Gasteiger partial charge in [0.1, 0.15) is 10.3 Å². The third-order valence-electron chi connectivity index (χ3n) is 2.85. The highest BCUT2D eigenvalue weighted by molar-refractivity contribution is 7.73. The van der Waals surface area contributed by atoms with Crippen molar-refractivity contribution in [3.8, 4) is 5.69 Å². The number of benzene rings is 1. The molecular weight excluding hydrogens is 298 g/mol. The van der Waals surface area contributed by atoms with E-state index < -0.39 is 0 Å². The first kappa shape index (κ1) is 12.5. The Kier molecular flexibility index (Phi) is 2.96. The molecule has 1 N–H and O–H groups in total. The molecule has 3 aromatic rings. The Hall–Kier alpha value is -1.57. The molecule has 4 nitrogen and oxygen atoms in total. The molecule has 0 spiro atoms. The molecule has 0 unspecified atom stereocenters. The predicted molar refractivity (Wildman–Crippen MR) is 82.4 cm³/mol. The Bertz CT molecular complexity index is 931. The number of H-pyrrole nitrogens is 1. The largest absolute Gasteiger partial charge is 0.317 e. The predicted octanol–water partition coefficient (Wildman–Crippen LogP) is 3.18. The van der Waals surface area contributed by atoms with Gasteiger partial charge in [-0.1, -0.05) is 29.5 Å². The normalized spacial score (nSPS) is 11.0. The molecule has 0 amide bonds. The van der Waals surface area contributed by atoms with Crippen molar-refractivity contribution in [1.82, 2.24) is 14.1 Å². The van der Waals surface area contributed by atoms with Gasteiger partial charge in [-0.15, -0.1) is 0 Å². The maximum Gasteiger partial charge on any atom is 0.273 e.